The van der Waals surface area contributed by atoms with Crippen LogP contribution in [0, 0.1) is 18.8 Å². The molecule has 0 unspecified atom stereocenters. The van der Waals surface area contributed by atoms with Crippen LogP contribution < -0.4 is 9.04 Å². The number of rotatable bonds is 10. The lowest BCUT2D eigenvalue weighted by Gasteiger charge is -2.28. The van der Waals surface area contributed by atoms with Crippen LogP contribution in [0.2, 0.25) is 0 Å². The summed E-state index contributed by atoms with van der Waals surface area (Å²) in [6, 6.07) is 9.75. The van der Waals surface area contributed by atoms with Gasteiger partial charge in [-0.05, 0) is 79.8 Å². The van der Waals surface area contributed by atoms with E-state index in [-0.39, 0.29) is 34.6 Å². The summed E-state index contributed by atoms with van der Waals surface area (Å²) in [5.41, 5.74) is 1.27. The van der Waals surface area contributed by atoms with Crippen molar-refractivity contribution in [3.8, 4) is 5.75 Å². The minimum Gasteiger partial charge on any atom is -0.492 e. The second-order valence-electron chi connectivity index (χ2n) is 8.91. The smallest absolute Gasteiger partial charge is 0.339 e. The number of carboxylic acids is 1. The number of aromatic carboxylic acids is 1. The average Bonchev–Trinajstić information content (AvgIpc) is 2.81. The van der Waals surface area contributed by atoms with Gasteiger partial charge in [-0.25, -0.2) is 13.2 Å². The summed E-state index contributed by atoms with van der Waals surface area (Å²) in [4.78, 5) is 13.0. The SMILES string of the molecule is CSc1ccc(N(CC(C)C)S(=O)(=O)c2ccc(OCC3CCOCC3)c(C(=O)O)c2)c(C)c1. The highest BCUT2D eigenvalue weighted by atomic mass is 32.2. The maximum atomic E-state index is 13.7. The summed E-state index contributed by atoms with van der Waals surface area (Å²) in [7, 11) is -4.01. The molecule has 0 aromatic heterocycles. The second-order valence-corrected chi connectivity index (χ2v) is 11.7. The number of nitrogens with zero attached hydrogens (tertiary/aromatic N) is 1. The monoisotopic (exact) mass is 507 g/mol. The van der Waals surface area contributed by atoms with Gasteiger partial charge in [0.2, 0.25) is 0 Å². The van der Waals surface area contributed by atoms with Crippen LogP contribution in [-0.2, 0) is 14.8 Å². The molecule has 1 aliphatic heterocycles. The van der Waals surface area contributed by atoms with Crippen molar-refractivity contribution in [2.75, 3.05) is 36.9 Å². The molecule has 1 heterocycles. The molecule has 0 spiro atoms. The van der Waals surface area contributed by atoms with E-state index in [0.717, 1.165) is 23.3 Å². The van der Waals surface area contributed by atoms with Crippen LogP contribution in [0.25, 0.3) is 0 Å². The van der Waals surface area contributed by atoms with Gasteiger partial charge in [-0.2, -0.15) is 0 Å². The first-order valence-electron chi connectivity index (χ1n) is 11.4. The van der Waals surface area contributed by atoms with E-state index in [1.54, 1.807) is 11.8 Å². The molecule has 186 valence electrons. The van der Waals surface area contributed by atoms with E-state index in [1.807, 2.05) is 45.2 Å². The van der Waals surface area contributed by atoms with Gasteiger partial charge in [0.15, 0.2) is 0 Å². The summed E-state index contributed by atoms with van der Waals surface area (Å²) in [6.07, 6.45) is 3.68. The molecular weight excluding hydrogens is 474 g/mol. The van der Waals surface area contributed by atoms with Gasteiger partial charge < -0.3 is 14.6 Å². The van der Waals surface area contributed by atoms with Crippen LogP contribution in [0.1, 0.15) is 42.6 Å². The lowest BCUT2D eigenvalue weighted by molar-refractivity contribution is 0.0490. The van der Waals surface area contributed by atoms with Crippen LogP contribution in [0.5, 0.6) is 5.75 Å². The Bertz CT molecular complexity index is 1110. The molecular formula is C25H33NO6S2. The molecule has 34 heavy (non-hydrogen) atoms. The quantitative estimate of drug-likeness (QED) is 0.449. The molecule has 1 saturated heterocycles. The van der Waals surface area contributed by atoms with Crippen molar-refractivity contribution in [3.63, 3.8) is 0 Å². The van der Waals surface area contributed by atoms with Gasteiger partial charge in [-0.15, -0.1) is 11.8 Å². The van der Waals surface area contributed by atoms with Crippen molar-refractivity contribution in [2.45, 2.75) is 43.4 Å². The molecule has 0 atom stereocenters. The number of ether oxygens (including phenoxy) is 2. The second kappa shape index (κ2) is 11.5. The maximum Gasteiger partial charge on any atom is 0.339 e. The standard InChI is InChI=1S/C25H33NO6S2/c1-17(2)15-26(23-7-5-20(33-4)13-18(23)3)34(29,30)21-6-8-24(22(14-21)25(27)28)32-16-19-9-11-31-12-10-19/h5-8,13-14,17,19H,9-12,15-16H2,1-4H3,(H,27,28). The highest BCUT2D eigenvalue weighted by Crippen LogP contribution is 2.32. The van der Waals surface area contributed by atoms with E-state index in [0.29, 0.717) is 25.5 Å². The summed E-state index contributed by atoms with van der Waals surface area (Å²) in [6.45, 7) is 7.75. The maximum absolute atomic E-state index is 13.7. The first-order chi connectivity index (χ1) is 16.1. The Hall–Kier alpha value is -2.23. The fourth-order valence-corrected chi connectivity index (χ4v) is 6.12. The molecule has 1 fully saturated rings. The molecule has 1 N–H and O–H groups in total. The third-order valence-electron chi connectivity index (χ3n) is 5.79. The van der Waals surface area contributed by atoms with Gasteiger partial charge in [-0.1, -0.05) is 13.8 Å². The Morgan fingerprint density at radius 1 is 1.21 bits per heavy atom. The van der Waals surface area contributed by atoms with Crippen LogP contribution in [0.3, 0.4) is 0 Å². The first-order valence-corrected chi connectivity index (χ1v) is 14.0. The molecule has 2 aromatic rings. The number of hydrogen-bond donors (Lipinski definition) is 1. The van der Waals surface area contributed by atoms with Crippen LogP contribution in [0.15, 0.2) is 46.2 Å². The Morgan fingerprint density at radius 3 is 2.50 bits per heavy atom. The largest absolute Gasteiger partial charge is 0.492 e. The minimum absolute atomic E-state index is 0.0652. The zero-order valence-corrected chi connectivity index (χ0v) is 21.7. The number of benzene rings is 2. The molecule has 0 aliphatic carbocycles. The zero-order valence-electron chi connectivity index (χ0n) is 20.1. The number of sulfonamides is 1. The Labute approximate surface area is 206 Å². The number of carbonyl (C=O) groups is 1. The van der Waals surface area contributed by atoms with Crippen molar-refractivity contribution in [1.82, 2.24) is 0 Å². The Balaban J connectivity index is 1.95. The number of hydrogen-bond acceptors (Lipinski definition) is 6. The van der Waals surface area contributed by atoms with E-state index in [2.05, 4.69) is 0 Å². The predicted octanol–water partition coefficient (Wildman–Crippen LogP) is 5.07. The predicted molar refractivity (Wildman–Crippen MR) is 135 cm³/mol. The number of thioether (sulfide) groups is 1. The van der Waals surface area contributed by atoms with Gasteiger partial charge in [-0.3, -0.25) is 4.31 Å². The normalized spacial score (nSPS) is 14.9. The molecule has 0 radical (unpaired) electrons. The van der Waals surface area contributed by atoms with Gasteiger partial charge in [0, 0.05) is 24.7 Å². The highest BCUT2D eigenvalue weighted by molar-refractivity contribution is 7.98. The van der Waals surface area contributed by atoms with E-state index in [4.69, 9.17) is 9.47 Å². The van der Waals surface area contributed by atoms with Gasteiger partial charge in [0.1, 0.15) is 11.3 Å². The van der Waals surface area contributed by atoms with Gasteiger partial charge in [0.05, 0.1) is 17.2 Å². The molecule has 0 amide bonds. The van der Waals surface area contributed by atoms with Gasteiger partial charge >= 0.3 is 5.97 Å². The van der Waals surface area contributed by atoms with Gasteiger partial charge in [0.25, 0.3) is 10.0 Å². The molecule has 9 heteroatoms. The number of aryl methyl sites for hydroxylation is 1. The average molecular weight is 508 g/mol. The lowest BCUT2D eigenvalue weighted by atomic mass is 10.0. The molecule has 7 nitrogen and oxygen atoms in total. The Morgan fingerprint density at radius 2 is 1.91 bits per heavy atom. The summed E-state index contributed by atoms with van der Waals surface area (Å²) in [5.74, 6) is -0.702. The molecule has 3 rings (SSSR count). The van der Waals surface area contributed by atoms with Crippen molar-refractivity contribution < 1.29 is 27.8 Å². The van der Waals surface area contributed by atoms with Crippen LogP contribution in [-0.4, -0.2) is 52.1 Å². The van der Waals surface area contributed by atoms with Crippen LogP contribution in [0.4, 0.5) is 5.69 Å². The molecule has 0 bridgehead atoms. The third-order valence-corrected chi connectivity index (χ3v) is 8.29. The molecule has 2 aromatic carbocycles. The van der Waals surface area contributed by atoms with E-state index >= 15 is 0 Å². The highest BCUT2D eigenvalue weighted by Gasteiger charge is 2.29. The topological polar surface area (TPSA) is 93.1 Å². The van der Waals surface area contributed by atoms with Crippen molar-refractivity contribution in [1.29, 1.82) is 0 Å². The summed E-state index contributed by atoms with van der Waals surface area (Å²) in [5, 5.41) is 9.78. The van der Waals surface area contributed by atoms with E-state index in [9.17, 15) is 18.3 Å². The summed E-state index contributed by atoms with van der Waals surface area (Å²) >= 11 is 1.59. The van der Waals surface area contributed by atoms with E-state index in [1.165, 1.54) is 22.5 Å². The summed E-state index contributed by atoms with van der Waals surface area (Å²) < 4.78 is 40.0. The number of anilines is 1. The third kappa shape index (κ3) is 6.25. The molecule has 0 saturated carbocycles. The van der Waals surface area contributed by atoms with Crippen molar-refractivity contribution in [3.05, 3.63) is 47.5 Å². The van der Waals surface area contributed by atoms with Crippen molar-refractivity contribution >= 4 is 33.4 Å². The zero-order chi connectivity index (χ0) is 24.9. The Kier molecular flexibility index (Phi) is 8.89. The molecule has 1 aliphatic rings. The fraction of sp³-hybridized carbons (Fsp3) is 0.480. The van der Waals surface area contributed by atoms with Crippen molar-refractivity contribution in [2.24, 2.45) is 11.8 Å². The minimum atomic E-state index is -4.01. The van der Waals surface area contributed by atoms with E-state index < -0.39 is 16.0 Å². The fourth-order valence-electron chi connectivity index (χ4n) is 3.90. The lowest BCUT2D eigenvalue weighted by Crippen LogP contribution is -2.35. The van der Waals surface area contributed by atoms with Crippen LogP contribution >= 0.6 is 11.8 Å². The number of carboxylic acid groups (broad SMARTS) is 1. The first kappa shape index (κ1) is 26.4.